The summed E-state index contributed by atoms with van der Waals surface area (Å²) in [4.78, 5) is 0. The van der Waals surface area contributed by atoms with Crippen molar-refractivity contribution < 1.29 is 8.78 Å². The summed E-state index contributed by atoms with van der Waals surface area (Å²) in [5.74, 6) is -2.38. The fraction of sp³-hybridized carbons (Fsp3) is 1.00. The van der Waals surface area contributed by atoms with Gasteiger partial charge in [-0.05, 0) is 19.9 Å². The van der Waals surface area contributed by atoms with Crippen LogP contribution in [0.1, 0.15) is 25.7 Å². The van der Waals surface area contributed by atoms with Crippen LogP contribution >= 0.6 is 0 Å². The average Bonchev–Trinajstić information content (AvgIpc) is 1.88. The molecule has 0 aromatic carbocycles. The van der Waals surface area contributed by atoms with Crippen molar-refractivity contribution in [3.63, 3.8) is 0 Å². The van der Waals surface area contributed by atoms with Gasteiger partial charge in [-0.1, -0.05) is 0 Å². The van der Waals surface area contributed by atoms with Gasteiger partial charge in [-0.25, -0.2) is 8.78 Å². The summed E-state index contributed by atoms with van der Waals surface area (Å²) in [6.45, 7) is 0. The van der Waals surface area contributed by atoms with Gasteiger partial charge in [0.25, 0.3) is 0 Å². The Morgan fingerprint density at radius 2 is 1.80 bits per heavy atom. The highest BCUT2D eigenvalue weighted by Crippen LogP contribution is 2.32. The molecule has 1 N–H and O–H groups in total. The van der Waals surface area contributed by atoms with Crippen molar-refractivity contribution in [3.8, 4) is 0 Å². The summed E-state index contributed by atoms with van der Waals surface area (Å²) in [6, 6.07) is 0.319. The minimum atomic E-state index is -2.38. The van der Waals surface area contributed by atoms with Crippen LogP contribution in [0.2, 0.25) is 0 Å². The van der Waals surface area contributed by atoms with E-state index in [0.29, 0.717) is 18.9 Å². The van der Waals surface area contributed by atoms with Crippen molar-refractivity contribution in [3.05, 3.63) is 0 Å². The predicted molar refractivity (Wildman–Crippen MR) is 36.3 cm³/mol. The molecule has 0 aliphatic heterocycles. The smallest absolute Gasteiger partial charge is 0.248 e. The molecule has 1 saturated carbocycles. The van der Waals surface area contributed by atoms with Crippen LogP contribution in [0.4, 0.5) is 8.78 Å². The number of alkyl halides is 2. The first-order valence-corrected chi connectivity index (χ1v) is 3.69. The van der Waals surface area contributed by atoms with Gasteiger partial charge in [0.15, 0.2) is 0 Å². The van der Waals surface area contributed by atoms with E-state index in [-0.39, 0.29) is 12.8 Å². The van der Waals surface area contributed by atoms with E-state index in [1.54, 1.807) is 0 Å². The van der Waals surface area contributed by atoms with Gasteiger partial charge < -0.3 is 5.32 Å². The Bertz CT molecular complexity index is 104. The maximum Gasteiger partial charge on any atom is 0.248 e. The standard InChI is InChI=1S/C7H13F2N/c1-10-6-2-4-7(8,9)5-3-6/h6,10H,2-5H2,1H3. The first-order chi connectivity index (χ1) is 4.64. The second-order valence-electron chi connectivity index (χ2n) is 2.92. The van der Waals surface area contributed by atoms with E-state index in [2.05, 4.69) is 5.32 Å². The summed E-state index contributed by atoms with van der Waals surface area (Å²) < 4.78 is 25.0. The summed E-state index contributed by atoms with van der Waals surface area (Å²) >= 11 is 0. The van der Waals surface area contributed by atoms with Crippen LogP contribution in [0.25, 0.3) is 0 Å². The molecule has 0 unspecified atom stereocenters. The van der Waals surface area contributed by atoms with E-state index < -0.39 is 5.92 Å². The Kier molecular flexibility index (Phi) is 2.24. The van der Waals surface area contributed by atoms with Crippen LogP contribution in [0.3, 0.4) is 0 Å². The summed E-state index contributed by atoms with van der Waals surface area (Å²) in [5, 5.41) is 3.01. The molecule has 0 bridgehead atoms. The number of halogens is 2. The summed E-state index contributed by atoms with van der Waals surface area (Å²) in [7, 11) is 1.83. The molecule has 1 nitrogen and oxygen atoms in total. The molecule has 1 rings (SSSR count). The van der Waals surface area contributed by atoms with Gasteiger partial charge in [-0.2, -0.15) is 0 Å². The molecule has 0 heterocycles. The van der Waals surface area contributed by atoms with Crippen molar-refractivity contribution in [2.75, 3.05) is 7.05 Å². The fourth-order valence-corrected chi connectivity index (χ4v) is 1.33. The summed E-state index contributed by atoms with van der Waals surface area (Å²) in [5.41, 5.74) is 0. The van der Waals surface area contributed by atoms with Gasteiger partial charge in [0, 0.05) is 18.9 Å². The van der Waals surface area contributed by atoms with E-state index >= 15 is 0 Å². The molecule has 0 aromatic heterocycles. The zero-order valence-corrected chi connectivity index (χ0v) is 6.16. The van der Waals surface area contributed by atoms with Crippen LogP contribution in [-0.4, -0.2) is 19.0 Å². The number of hydrogen-bond donors (Lipinski definition) is 1. The van der Waals surface area contributed by atoms with E-state index in [1.807, 2.05) is 7.05 Å². The second kappa shape index (κ2) is 2.82. The Morgan fingerprint density at radius 1 is 1.30 bits per heavy atom. The Morgan fingerprint density at radius 3 is 2.20 bits per heavy atom. The van der Waals surface area contributed by atoms with E-state index in [4.69, 9.17) is 0 Å². The van der Waals surface area contributed by atoms with Crippen molar-refractivity contribution in [1.82, 2.24) is 5.32 Å². The van der Waals surface area contributed by atoms with Crippen molar-refractivity contribution >= 4 is 0 Å². The number of rotatable bonds is 1. The lowest BCUT2D eigenvalue weighted by Crippen LogP contribution is -2.34. The first-order valence-electron chi connectivity index (χ1n) is 3.69. The van der Waals surface area contributed by atoms with Crippen molar-refractivity contribution in [2.24, 2.45) is 0 Å². The van der Waals surface area contributed by atoms with E-state index in [1.165, 1.54) is 0 Å². The van der Waals surface area contributed by atoms with Crippen LogP contribution in [0.5, 0.6) is 0 Å². The molecular weight excluding hydrogens is 136 g/mol. The van der Waals surface area contributed by atoms with Gasteiger partial charge in [0.2, 0.25) is 5.92 Å². The molecule has 0 atom stereocenters. The van der Waals surface area contributed by atoms with E-state index in [0.717, 1.165) is 0 Å². The minimum Gasteiger partial charge on any atom is -0.317 e. The largest absolute Gasteiger partial charge is 0.317 e. The SMILES string of the molecule is CNC1CCC(F)(F)CC1. The quantitative estimate of drug-likeness (QED) is 0.599. The normalized spacial score (nSPS) is 26.7. The molecule has 0 spiro atoms. The molecule has 3 heteroatoms. The van der Waals surface area contributed by atoms with Crippen LogP contribution in [0, 0.1) is 0 Å². The third-order valence-electron chi connectivity index (χ3n) is 2.13. The monoisotopic (exact) mass is 149 g/mol. The maximum absolute atomic E-state index is 12.5. The highest BCUT2D eigenvalue weighted by molar-refractivity contribution is 4.80. The third-order valence-corrected chi connectivity index (χ3v) is 2.13. The number of hydrogen-bond acceptors (Lipinski definition) is 1. The molecule has 0 radical (unpaired) electrons. The van der Waals surface area contributed by atoms with Crippen LogP contribution in [0.15, 0.2) is 0 Å². The molecule has 1 aliphatic rings. The average molecular weight is 149 g/mol. The molecule has 1 fully saturated rings. The molecular formula is C7H13F2N. The lowest BCUT2D eigenvalue weighted by molar-refractivity contribution is -0.0398. The lowest BCUT2D eigenvalue weighted by Gasteiger charge is -2.27. The van der Waals surface area contributed by atoms with Gasteiger partial charge in [0.05, 0.1) is 0 Å². The zero-order chi connectivity index (χ0) is 7.61. The van der Waals surface area contributed by atoms with Gasteiger partial charge in [-0.15, -0.1) is 0 Å². The molecule has 0 saturated heterocycles. The fourth-order valence-electron chi connectivity index (χ4n) is 1.33. The maximum atomic E-state index is 12.5. The van der Waals surface area contributed by atoms with Crippen LogP contribution in [-0.2, 0) is 0 Å². The van der Waals surface area contributed by atoms with Gasteiger partial charge >= 0.3 is 0 Å². The van der Waals surface area contributed by atoms with Gasteiger partial charge in [-0.3, -0.25) is 0 Å². The van der Waals surface area contributed by atoms with Crippen molar-refractivity contribution in [2.45, 2.75) is 37.6 Å². The molecule has 0 amide bonds. The topological polar surface area (TPSA) is 12.0 Å². The van der Waals surface area contributed by atoms with Crippen LogP contribution < -0.4 is 5.32 Å². The van der Waals surface area contributed by atoms with Crippen molar-refractivity contribution in [1.29, 1.82) is 0 Å². The summed E-state index contributed by atoms with van der Waals surface area (Å²) in [6.07, 6.45) is 1.34. The number of nitrogens with one attached hydrogen (secondary N) is 1. The highest BCUT2D eigenvalue weighted by atomic mass is 19.3. The molecule has 1 aliphatic carbocycles. The molecule has 10 heavy (non-hydrogen) atoms. The third kappa shape index (κ3) is 1.90. The molecule has 60 valence electrons. The molecule has 0 aromatic rings. The zero-order valence-electron chi connectivity index (χ0n) is 6.16. The Hall–Kier alpha value is -0.180. The van der Waals surface area contributed by atoms with Gasteiger partial charge in [0.1, 0.15) is 0 Å². The van der Waals surface area contributed by atoms with E-state index in [9.17, 15) is 8.78 Å². The Balaban J connectivity index is 2.31. The lowest BCUT2D eigenvalue weighted by atomic mass is 9.92. The second-order valence-corrected chi connectivity index (χ2v) is 2.92. The first kappa shape index (κ1) is 7.92. The Labute approximate surface area is 59.8 Å². The predicted octanol–water partition coefficient (Wildman–Crippen LogP) is 1.78. The highest BCUT2D eigenvalue weighted by Gasteiger charge is 2.34. The minimum absolute atomic E-state index is 0.0541.